The Hall–Kier alpha value is -3.01. The first-order chi connectivity index (χ1) is 16.0. The lowest BCUT2D eigenvalue weighted by atomic mass is 10.00. The van der Waals surface area contributed by atoms with Gasteiger partial charge in [0.25, 0.3) is 0 Å². The zero-order valence-corrected chi connectivity index (χ0v) is 19.6. The number of imidazole rings is 1. The minimum Gasteiger partial charge on any atom is -0.510 e. The van der Waals surface area contributed by atoms with E-state index in [4.69, 9.17) is 4.74 Å². The molecule has 3 aromatic rings. The van der Waals surface area contributed by atoms with Gasteiger partial charge in [-0.2, -0.15) is 0 Å². The number of fused-ring (bicyclic) bond motifs is 1. The number of nitrogens with one attached hydrogen (secondary N) is 1. The summed E-state index contributed by atoms with van der Waals surface area (Å²) >= 11 is 1.37. The summed E-state index contributed by atoms with van der Waals surface area (Å²) in [5.41, 5.74) is 1.52. The summed E-state index contributed by atoms with van der Waals surface area (Å²) in [5, 5.41) is 20.6. The molecule has 1 aliphatic carbocycles. The van der Waals surface area contributed by atoms with E-state index in [0.717, 1.165) is 61.3 Å². The summed E-state index contributed by atoms with van der Waals surface area (Å²) in [6.45, 7) is 4.26. The number of anilines is 1. The quantitative estimate of drug-likeness (QED) is 0.232. The molecule has 1 saturated heterocycles. The molecule has 0 bridgehead atoms. The molecular formula is C23H28N6O3S. The number of esters is 1. The molecule has 10 heteroatoms. The number of rotatable bonds is 7. The number of hydrogen-bond acceptors (Lipinski definition) is 8. The maximum Gasteiger partial charge on any atom is 0.345 e. The smallest absolute Gasteiger partial charge is 0.345 e. The first kappa shape index (κ1) is 21.8. The second kappa shape index (κ2) is 9.09. The maximum absolute atomic E-state index is 12.5. The number of thioether (sulfide) groups is 1. The van der Waals surface area contributed by atoms with Gasteiger partial charge < -0.3 is 19.7 Å². The predicted octanol–water partition coefficient (Wildman–Crippen LogP) is 3.96. The molecule has 2 N–H and O–H groups in total. The van der Waals surface area contributed by atoms with Gasteiger partial charge in [0.05, 0.1) is 23.9 Å². The normalized spacial score (nSPS) is 17.9. The number of aromatic amines is 1. The Morgan fingerprint density at radius 1 is 1.21 bits per heavy atom. The number of para-hydroxylation sites is 2. The highest BCUT2D eigenvalue weighted by atomic mass is 32.2. The fourth-order valence-electron chi connectivity index (χ4n) is 4.17. The summed E-state index contributed by atoms with van der Waals surface area (Å²) in [7, 11) is 1.29. The van der Waals surface area contributed by atoms with Crippen molar-refractivity contribution in [1.82, 2.24) is 24.7 Å². The lowest BCUT2D eigenvalue weighted by Gasteiger charge is -2.31. The van der Waals surface area contributed by atoms with E-state index in [1.165, 1.54) is 18.9 Å². The first-order valence-electron chi connectivity index (χ1n) is 11.3. The molecule has 1 aliphatic heterocycles. The van der Waals surface area contributed by atoms with Crippen LogP contribution in [0.3, 0.4) is 0 Å². The number of benzene rings is 1. The number of aliphatic hydroxyl groups is 1. The largest absolute Gasteiger partial charge is 0.510 e. The lowest BCUT2D eigenvalue weighted by Crippen LogP contribution is -2.34. The van der Waals surface area contributed by atoms with Crippen molar-refractivity contribution in [2.75, 3.05) is 30.9 Å². The van der Waals surface area contributed by atoms with Gasteiger partial charge in [-0.05, 0) is 43.7 Å². The lowest BCUT2D eigenvalue weighted by molar-refractivity contribution is -0.133. The Kier molecular flexibility index (Phi) is 6.01. The van der Waals surface area contributed by atoms with Gasteiger partial charge in [-0.3, -0.25) is 4.57 Å². The van der Waals surface area contributed by atoms with Gasteiger partial charge in [0.1, 0.15) is 17.2 Å². The molecule has 1 saturated carbocycles. The number of methoxy groups -OCH3 is 1. The molecule has 9 nitrogen and oxygen atoms in total. The third kappa shape index (κ3) is 4.44. The summed E-state index contributed by atoms with van der Waals surface area (Å²) in [4.78, 5) is 22.4. The van der Waals surface area contributed by atoms with Crippen LogP contribution < -0.4 is 4.90 Å². The average molecular weight is 469 g/mol. The van der Waals surface area contributed by atoms with Crippen molar-refractivity contribution < 1.29 is 14.6 Å². The molecule has 0 radical (unpaired) electrons. The minimum atomic E-state index is -0.640. The third-order valence-corrected chi connectivity index (χ3v) is 7.22. The molecule has 0 unspecified atom stereocenters. The van der Waals surface area contributed by atoms with Crippen molar-refractivity contribution in [3.05, 3.63) is 35.8 Å². The highest BCUT2D eigenvalue weighted by Crippen LogP contribution is 2.41. The number of nitrogens with zero attached hydrogens (tertiary/aromatic N) is 5. The van der Waals surface area contributed by atoms with Gasteiger partial charge in [0.2, 0.25) is 5.95 Å². The Morgan fingerprint density at radius 2 is 1.97 bits per heavy atom. The summed E-state index contributed by atoms with van der Waals surface area (Å²) in [5.74, 6) is 1.35. The molecule has 174 valence electrons. The van der Waals surface area contributed by atoms with Crippen molar-refractivity contribution in [3.63, 3.8) is 0 Å². The van der Waals surface area contributed by atoms with Crippen LogP contribution in [0.25, 0.3) is 16.6 Å². The summed E-state index contributed by atoms with van der Waals surface area (Å²) in [6.07, 6.45) is 4.53. The molecule has 1 aromatic carbocycles. The van der Waals surface area contributed by atoms with E-state index in [-0.39, 0.29) is 22.9 Å². The Morgan fingerprint density at radius 3 is 2.67 bits per heavy atom. The van der Waals surface area contributed by atoms with Crippen LogP contribution in [0.4, 0.5) is 5.95 Å². The minimum absolute atomic E-state index is 0.0314. The fraction of sp³-hybridized carbons (Fsp3) is 0.478. The molecule has 33 heavy (non-hydrogen) atoms. The van der Waals surface area contributed by atoms with Gasteiger partial charge in [-0.25, -0.2) is 9.78 Å². The van der Waals surface area contributed by atoms with Crippen LogP contribution >= 0.6 is 11.8 Å². The van der Waals surface area contributed by atoms with E-state index in [1.54, 1.807) is 0 Å². The Labute approximate surface area is 196 Å². The summed E-state index contributed by atoms with van der Waals surface area (Å²) in [6, 6.07) is 7.87. The van der Waals surface area contributed by atoms with E-state index < -0.39 is 5.97 Å². The van der Waals surface area contributed by atoms with Gasteiger partial charge >= 0.3 is 5.97 Å². The predicted molar refractivity (Wildman–Crippen MR) is 127 cm³/mol. The Bertz CT molecular complexity index is 1160. The fourth-order valence-corrected chi connectivity index (χ4v) is 5.05. The number of carbonyl (C=O) groups excluding carboxylic acids is 1. The number of piperidine rings is 1. The molecule has 2 aromatic heterocycles. The van der Waals surface area contributed by atoms with Gasteiger partial charge in [0.15, 0.2) is 5.16 Å². The Balaban J connectivity index is 1.40. The SMILES string of the molecule is COC(=O)/C(=C(/O)CSc1nnc(N2CCC(C)CC2)n1C1CC1)c1nc2ccccc2[nH]1. The van der Waals surface area contributed by atoms with Gasteiger partial charge in [-0.1, -0.05) is 30.8 Å². The highest BCUT2D eigenvalue weighted by Gasteiger charge is 2.33. The van der Waals surface area contributed by atoms with E-state index >= 15 is 0 Å². The number of ether oxygens (including phenoxy) is 1. The zero-order valence-electron chi connectivity index (χ0n) is 18.8. The standard InChI is InChI=1S/C23H28N6O3S/c1-14-9-11-28(12-10-14)22-26-27-23(29(22)15-7-8-15)33-13-18(30)19(21(31)32-2)20-24-16-5-3-4-6-17(16)25-20/h3-6,14-15,30H,7-13H2,1-2H3,(H,24,25)/b19-18+. The highest BCUT2D eigenvalue weighted by molar-refractivity contribution is 7.99. The van der Waals surface area contributed by atoms with Crippen LogP contribution in [0.5, 0.6) is 0 Å². The second-order valence-corrected chi connectivity index (χ2v) is 9.70. The molecule has 0 amide bonds. The number of aromatic nitrogens is 5. The molecule has 3 heterocycles. The van der Waals surface area contributed by atoms with Crippen molar-refractivity contribution in [1.29, 1.82) is 0 Å². The molecule has 0 spiro atoms. The monoisotopic (exact) mass is 468 g/mol. The molecule has 0 atom stereocenters. The van der Waals surface area contributed by atoms with Crippen molar-refractivity contribution in [2.45, 2.75) is 43.8 Å². The van der Waals surface area contributed by atoms with Crippen LogP contribution in [0.15, 0.2) is 35.2 Å². The van der Waals surface area contributed by atoms with E-state index in [1.807, 2.05) is 24.3 Å². The topological polar surface area (TPSA) is 109 Å². The number of aliphatic hydroxyl groups excluding tert-OH is 1. The van der Waals surface area contributed by atoms with E-state index in [0.29, 0.717) is 11.6 Å². The number of hydrogen-bond donors (Lipinski definition) is 2. The van der Waals surface area contributed by atoms with Crippen LogP contribution in [0.2, 0.25) is 0 Å². The van der Waals surface area contributed by atoms with Gasteiger partial charge in [-0.15, -0.1) is 10.2 Å². The van der Waals surface area contributed by atoms with Crippen LogP contribution in [0, 0.1) is 5.92 Å². The molecule has 5 rings (SSSR count). The van der Waals surface area contributed by atoms with Crippen molar-refractivity contribution >= 4 is 40.3 Å². The number of H-pyrrole nitrogens is 1. The van der Waals surface area contributed by atoms with Crippen LogP contribution in [-0.4, -0.2) is 61.8 Å². The average Bonchev–Trinajstić information content (AvgIpc) is 3.43. The zero-order chi connectivity index (χ0) is 22.9. The molecule has 2 fully saturated rings. The molecule has 2 aliphatic rings. The van der Waals surface area contributed by atoms with Crippen molar-refractivity contribution in [3.8, 4) is 0 Å². The van der Waals surface area contributed by atoms with E-state index in [9.17, 15) is 9.90 Å². The van der Waals surface area contributed by atoms with Crippen molar-refractivity contribution in [2.24, 2.45) is 5.92 Å². The second-order valence-electron chi connectivity index (χ2n) is 8.76. The van der Waals surface area contributed by atoms with Crippen LogP contribution in [0.1, 0.15) is 44.5 Å². The number of carbonyl (C=O) groups is 1. The summed E-state index contributed by atoms with van der Waals surface area (Å²) < 4.78 is 7.14. The van der Waals surface area contributed by atoms with E-state index in [2.05, 4.69) is 36.6 Å². The van der Waals surface area contributed by atoms with Gasteiger partial charge in [0, 0.05) is 19.1 Å². The molecular weight excluding hydrogens is 440 g/mol. The first-order valence-corrected chi connectivity index (χ1v) is 12.3. The third-order valence-electron chi connectivity index (χ3n) is 6.27. The van der Waals surface area contributed by atoms with Crippen LogP contribution in [-0.2, 0) is 9.53 Å². The maximum atomic E-state index is 12.5.